The standard InChI is InChI=1S/C9H18N4/c1-3-4-9(2)11-5-6-13-8-10-7-12-13/h7-9,11H,3-6H2,1-2H3. The van der Waals surface area contributed by atoms with Crippen molar-refractivity contribution in [3.8, 4) is 0 Å². The Morgan fingerprint density at radius 3 is 3.00 bits per heavy atom. The Bertz CT molecular complexity index is 207. The van der Waals surface area contributed by atoms with Gasteiger partial charge in [-0.05, 0) is 13.3 Å². The van der Waals surface area contributed by atoms with Crippen molar-refractivity contribution in [2.24, 2.45) is 0 Å². The van der Waals surface area contributed by atoms with Crippen molar-refractivity contribution >= 4 is 0 Å². The Kier molecular flexibility index (Phi) is 4.46. The van der Waals surface area contributed by atoms with Crippen LogP contribution in [0.3, 0.4) is 0 Å². The Labute approximate surface area is 79.4 Å². The van der Waals surface area contributed by atoms with E-state index >= 15 is 0 Å². The molecule has 0 radical (unpaired) electrons. The van der Waals surface area contributed by atoms with Crippen molar-refractivity contribution in [3.63, 3.8) is 0 Å². The van der Waals surface area contributed by atoms with Gasteiger partial charge in [-0.3, -0.25) is 4.68 Å². The minimum atomic E-state index is 0.605. The third-order valence-electron chi connectivity index (χ3n) is 2.02. The first-order chi connectivity index (χ1) is 6.33. The molecule has 1 rings (SSSR count). The second-order valence-corrected chi connectivity index (χ2v) is 3.30. The number of nitrogens with one attached hydrogen (secondary N) is 1. The van der Waals surface area contributed by atoms with Crippen LogP contribution in [0.4, 0.5) is 0 Å². The Morgan fingerprint density at radius 2 is 2.38 bits per heavy atom. The molecule has 4 nitrogen and oxygen atoms in total. The molecule has 0 aliphatic rings. The summed E-state index contributed by atoms with van der Waals surface area (Å²) in [5, 5.41) is 7.46. The second-order valence-electron chi connectivity index (χ2n) is 3.30. The second kappa shape index (κ2) is 5.70. The van der Waals surface area contributed by atoms with E-state index in [0.29, 0.717) is 6.04 Å². The van der Waals surface area contributed by atoms with Crippen LogP contribution in [0, 0.1) is 0 Å². The van der Waals surface area contributed by atoms with Gasteiger partial charge in [0.05, 0.1) is 6.54 Å². The Hall–Kier alpha value is -0.900. The maximum atomic E-state index is 4.02. The first kappa shape index (κ1) is 10.2. The highest BCUT2D eigenvalue weighted by Gasteiger charge is 1.98. The van der Waals surface area contributed by atoms with Crippen LogP contribution in [0.2, 0.25) is 0 Å². The Morgan fingerprint density at radius 1 is 1.54 bits per heavy atom. The summed E-state index contributed by atoms with van der Waals surface area (Å²) < 4.78 is 1.84. The van der Waals surface area contributed by atoms with Crippen LogP contribution in [0.1, 0.15) is 26.7 Å². The molecule has 0 amide bonds. The number of hydrogen-bond donors (Lipinski definition) is 1. The van der Waals surface area contributed by atoms with Gasteiger partial charge >= 0.3 is 0 Å². The van der Waals surface area contributed by atoms with E-state index in [1.807, 2.05) is 4.68 Å². The van der Waals surface area contributed by atoms with Crippen LogP contribution < -0.4 is 5.32 Å². The fourth-order valence-corrected chi connectivity index (χ4v) is 1.31. The summed E-state index contributed by atoms with van der Waals surface area (Å²) in [6.07, 6.45) is 5.77. The molecule has 13 heavy (non-hydrogen) atoms. The highest BCUT2D eigenvalue weighted by atomic mass is 15.3. The van der Waals surface area contributed by atoms with Crippen LogP contribution >= 0.6 is 0 Å². The number of hydrogen-bond acceptors (Lipinski definition) is 3. The molecule has 1 aromatic heterocycles. The van der Waals surface area contributed by atoms with Crippen LogP contribution in [-0.4, -0.2) is 27.4 Å². The molecule has 74 valence electrons. The van der Waals surface area contributed by atoms with Crippen LogP contribution in [0.25, 0.3) is 0 Å². The van der Waals surface area contributed by atoms with Crippen molar-refractivity contribution in [3.05, 3.63) is 12.7 Å². The normalized spacial score (nSPS) is 13.1. The molecular weight excluding hydrogens is 164 g/mol. The molecule has 0 aromatic carbocycles. The van der Waals surface area contributed by atoms with Crippen LogP contribution in [0.5, 0.6) is 0 Å². The topological polar surface area (TPSA) is 42.7 Å². The first-order valence-corrected chi connectivity index (χ1v) is 4.88. The molecule has 4 heteroatoms. The van der Waals surface area contributed by atoms with Crippen LogP contribution in [-0.2, 0) is 6.54 Å². The summed E-state index contributed by atoms with van der Waals surface area (Å²) in [5.41, 5.74) is 0. The molecule has 1 aromatic rings. The van der Waals surface area contributed by atoms with Gasteiger partial charge in [0.1, 0.15) is 12.7 Å². The summed E-state index contributed by atoms with van der Waals surface area (Å²) in [6, 6.07) is 0.605. The number of aromatic nitrogens is 3. The smallest absolute Gasteiger partial charge is 0.137 e. The zero-order chi connectivity index (χ0) is 9.52. The minimum absolute atomic E-state index is 0.605. The van der Waals surface area contributed by atoms with E-state index in [0.717, 1.165) is 13.1 Å². The third-order valence-corrected chi connectivity index (χ3v) is 2.02. The van der Waals surface area contributed by atoms with E-state index < -0.39 is 0 Å². The largest absolute Gasteiger partial charge is 0.312 e. The predicted octanol–water partition coefficient (Wildman–Crippen LogP) is 1.06. The number of nitrogens with zero attached hydrogens (tertiary/aromatic N) is 3. The summed E-state index contributed by atoms with van der Waals surface area (Å²) in [5.74, 6) is 0. The fraction of sp³-hybridized carbons (Fsp3) is 0.778. The average molecular weight is 182 g/mol. The lowest BCUT2D eigenvalue weighted by molar-refractivity contribution is 0.472. The van der Waals surface area contributed by atoms with Gasteiger partial charge in [-0.15, -0.1) is 0 Å². The van der Waals surface area contributed by atoms with E-state index in [-0.39, 0.29) is 0 Å². The van der Waals surface area contributed by atoms with Crippen molar-refractivity contribution in [1.82, 2.24) is 20.1 Å². The molecule has 1 heterocycles. The van der Waals surface area contributed by atoms with Gasteiger partial charge < -0.3 is 5.32 Å². The van der Waals surface area contributed by atoms with E-state index in [2.05, 4.69) is 29.2 Å². The summed E-state index contributed by atoms with van der Waals surface area (Å²) in [7, 11) is 0. The molecule has 0 saturated carbocycles. The van der Waals surface area contributed by atoms with Gasteiger partial charge in [-0.25, -0.2) is 4.98 Å². The van der Waals surface area contributed by atoms with Crippen molar-refractivity contribution < 1.29 is 0 Å². The van der Waals surface area contributed by atoms with Gasteiger partial charge in [0.2, 0.25) is 0 Å². The number of rotatable bonds is 6. The lowest BCUT2D eigenvalue weighted by Crippen LogP contribution is -2.29. The monoisotopic (exact) mass is 182 g/mol. The Balaban J connectivity index is 2.07. The predicted molar refractivity (Wildman–Crippen MR) is 52.4 cm³/mol. The van der Waals surface area contributed by atoms with Crippen molar-refractivity contribution in [2.45, 2.75) is 39.3 Å². The zero-order valence-electron chi connectivity index (χ0n) is 8.40. The van der Waals surface area contributed by atoms with Crippen molar-refractivity contribution in [2.75, 3.05) is 6.54 Å². The van der Waals surface area contributed by atoms with Crippen molar-refractivity contribution in [1.29, 1.82) is 0 Å². The quantitative estimate of drug-likeness (QED) is 0.715. The minimum Gasteiger partial charge on any atom is -0.312 e. The molecule has 0 fully saturated rings. The zero-order valence-corrected chi connectivity index (χ0v) is 8.40. The molecule has 0 aliphatic carbocycles. The van der Waals surface area contributed by atoms with Crippen LogP contribution in [0.15, 0.2) is 12.7 Å². The molecular formula is C9H18N4. The first-order valence-electron chi connectivity index (χ1n) is 4.88. The maximum Gasteiger partial charge on any atom is 0.137 e. The van der Waals surface area contributed by atoms with E-state index in [4.69, 9.17) is 0 Å². The van der Waals surface area contributed by atoms with E-state index in [9.17, 15) is 0 Å². The summed E-state index contributed by atoms with van der Waals surface area (Å²) in [6.45, 7) is 6.28. The summed E-state index contributed by atoms with van der Waals surface area (Å²) in [4.78, 5) is 3.88. The van der Waals surface area contributed by atoms with E-state index in [1.165, 1.54) is 12.8 Å². The molecule has 0 bridgehead atoms. The van der Waals surface area contributed by atoms with Gasteiger partial charge in [-0.2, -0.15) is 5.10 Å². The third kappa shape index (κ3) is 4.03. The molecule has 0 aliphatic heterocycles. The lowest BCUT2D eigenvalue weighted by Gasteiger charge is -2.11. The van der Waals surface area contributed by atoms with Gasteiger partial charge in [0.25, 0.3) is 0 Å². The van der Waals surface area contributed by atoms with E-state index in [1.54, 1.807) is 12.7 Å². The van der Waals surface area contributed by atoms with Gasteiger partial charge in [0, 0.05) is 12.6 Å². The maximum absolute atomic E-state index is 4.02. The highest BCUT2D eigenvalue weighted by Crippen LogP contribution is 1.93. The van der Waals surface area contributed by atoms with Gasteiger partial charge in [-0.1, -0.05) is 13.3 Å². The SMILES string of the molecule is CCCC(C)NCCn1cncn1. The molecule has 1 unspecified atom stereocenters. The molecule has 0 saturated heterocycles. The molecule has 1 N–H and O–H groups in total. The fourth-order valence-electron chi connectivity index (χ4n) is 1.31. The lowest BCUT2D eigenvalue weighted by atomic mass is 10.2. The van der Waals surface area contributed by atoms with Gasteiger partial charge in [0.15, 0.2) is 0 Å². The molecule has 0 spiro atoms. The molecule has 1 atom stereocenters. The average Bonchev–Trinajstić information content (AvgIpc) is 2.57. The highest BCUT2D eigenvalue weighted by molar-refractivity contribution is 4.61. The summed E-state index contributed by atoms with van der Waals surface area (Å²) >= 11 is 0.